The Balaban J connectivity index is 1.76. The number of hydrogen-bond donors (Lipinski definition) is 0. The van der Waals surface area contributed by atoms with Gasteiger partial charge in [0.1, 0.15) is 4.34 Å². The first-order valence-corrected chi connectivity index (χ1v) is 8.01. The van der Waals surface area contributed by atoms with Crippen molar-refractivity contribution in [2.24, 2.45) is 0 Å². The normalized spacial score (nSPS) is 13.0. The number of fused-ring (bicyclic) bond motifs is 1. The molecule has 3 rings (SSSR count). The first kappa shape index (κ1) is 12.3. The highest BCUT2D eigenvalue weighted by molar-refractivity contribution is 9.10. The number of benzene rings is 1. The van der Waals surface area contributed by atoms with Gasteiger partial charge in [0, 0.05) is 21.3 Å². The van der Waals surface area contributed by atoms with Gasteiger partial charge in [-0.25, -0.2) is 4.98 Å². The molecule has 0 N–H and O–H groups in total. The number of thioether (sulfide) groups is 1. The van der Waals surface area contributed by atoms with Crippen LogP contribution in [0.25, 0.3) is 0 Å². The number of aromatic nitrogens is 1. The molecule has 0 saturated carbocycles. The Kier molecular flexibility index (Phi) is 3.50. The third-order valence-electron chi connectivity index (χ3n) is 2.49. The summed E-state index contributed by atoms with van der Waals surface area (Å²) in [5.74, 6) is 2.49. The zero-order chi connectivity index (χ0) is 12.5. The predicted molar refractivity (Wildman–Crippen MR) is 76.7 cm³/mol. The van der Waals surface area contributed by atoms with Crippen molar-refractivity contribution in [3.63, 3.8) is 0 Å². The highest BCUT2D eigenvalue weighted by Gasteiger charge is 2.16. The predicted octanol–water partition coefficient (Wildman–Crippen LogP) is 4.24. The molecule has 94 valence electrons. The fourth-order valence-electron chi connectivity index (χ4n) is 1.61. The average Bonchev–Trinajstić information content (AvgIpc) is 2.94. The molecule has 1 aromatic carbocycles. The van der Waals surface area contributed by atoms with E-state index in [2.05, 4.69) is 26.3 Å². The van der Waals surface area contributed by atoms with Crippen molar-refractivity contribution in [1.82, 2.24) is 4.98 Å². The van der Waals surface area contributed by atoms with Gasteiger partial charge in [-0.05, 0) is 24.6 Å². The van der Waals surface area contributed by atoms with E-state index in [1.54, 1.807) is 23.1 Å². The summed E-state index contributed by atoms with van der Waals surface area (Å²) in [6, 6.07) is 3.99. The second kappa shape index (κ2) is 5.11. The lowest BCUT2D eigenvalue weighted by Gasteiger charge is -2.05. The zero-order valence-corrected chi connectivity index (χ0v) is 12.8. The summed E-state index contributed by atoms with van der Waals surface area (Å²) in [6.45, 7) is 2.32. The highest BCUT2D eigenvalue weighted by Crippen LogP contribution is 2.39. The van der Waals surface area contributed by atoms with Crippen LogP contribution in [0.2, 0.25) is 0 Å². The SMILES string of the molecule is Cc1csc(SCc2cc3c(cc2Br)OCO3)n1. The molecule has 1 aromatic heterocycles. The maximum Gasteiger partial charge on any atom is 0.231 e. The van der Waals surface area contributed by atoms with Crippen molar-refractivity contribution in [2.45, 2.75) is 17.0 Å². The van der Waals surface area contributed by atoms with E-state index in [9.17, 15) is 0 Å². The first-order valence-electron chi connectivity index (χ1n) is 5.35. The summed E-state index contributed by atoms with van der Waals surface area (Å²) in [6.07, 6.45) is 0. The fraction of sp³-hybridized carbons (Fsp3) is 0.250. The van der Waals surface area contributed by atoms with Gasteiger partial charge in [0.25, 0.3) is 0 Å². The molecule has 18 heavy (non-hydrogen) atoms. The lowest BCUT2D eigenvalue weighted by atomic mass is 10.2. The van der Waals surface area contributed by atoms with E-state index in [1.165, 1.54) is 5.56 Å². The van der Waals surface area contributed by atoms with E-state index in [-0.39, 0.29) is 0 Å². The largest absolute Gasteiger partial charge is 0.454 e. The summed E-state index contributed by atoms with van der Waals surface area (Å²) < 4.78 is 12.9. The van der Waals surface area contributed by atoms with Crippen molar-refractivity contribution in [3.05, 3.63) is 33.2 Å². The molecule has 0 atom stereocenters. The van der Waals surface area contributed by atoms with E-state index in [1.807, 2.05) is 19.1 Å². The Hall–Kier alpha value is -0.720. The number of halogens is 1. The van der Waals surface area contributed by atoms with Crippen molar-refractivity contribution in [1.29, 1.82) is 0 Å². The molecule has 0 unspecified atom stereocenters. The maximum atomic E-state index is 5.38. The molecule has 2 aromatic rings. The van der Waals surface area contributed by atoms with Crippen LogP contribution in [0.1, 0.15) is 11.3 Å². The summed E-state index contributed by atoms with van der Waals surface area (Å²) in [7, 11) is 0. The van der Waals surface area contributed by atoms with Gasteiger partial charge in [0.05, 0.1) is 0 Å². The Labute approximate surface area is 122 Å². The molecule has 0 saturated heterocycles. The Morgan fingerprint density at radius 3 is 2.89 bits per heavy atom. The quantitative estimate of drug-likeness (QED) is 0.780. The van der Waals surface area contributed by atoms with Crippen LogP contribution in [0.4, 0.5) is 0 Å². The Morgan fingerprint density at radius 1 is 1.39 bits per heavy atom. The maximum absolute atomic E-state index is 5.38. The second-order valence-electron chi connectivity index (χ2n) is 3.84. The van der Waals surface area contributed by atoms with E-state index >= 15 is 0 Å². The van der Waals surface area contributed by atoms with E-state index in [0.29, 0.717) is 6.79 Å². The van der Waals surface area contributed by atoms with Gasteiger partial charge in [0.2, 0.25) is 6.79 Å². The summed E-state index contributed by atoms with van der Waals surface area (Å²) >= 11 is 6.98. The molecule has 3 nitrogen and oxygen atoms in total. The summed E-state index contributed by atoms with van der Waals surface area (Å²) in [5.41, 5.74) is 2.27. The van der Waals surface area contributed by atoms with Crippen LogP contribution >= 0.6 is 39.0 Å². The topological polar surface area (TPSA) is 31.4 Å². The van der Waals surface area contributed by atoms with Gasteiger partial charge in [0.15, 0.2) is 11.5 Å². The van der Waals surface area contributed by atoms with Crippen LogP contribution < -0.4 is 9.47 Å². The van der Waals surface area contributed by atoms with E-state index in [4.69, 9.17) is 9.47 Å². The number of rotatable bonds is 3. The molecule has 1 aliphatic rings. The van der Waals surface area contributed by atoms with E-state index in [0.717, 1.165) is 31.8 Å². The van der Waals surface area contributed by atoms with Crippen LogP contribution in [0.3, 0.4) is 0 Å². The fourth-order valence-corrected chi connectivity index (χ4v) is 4.10. The van der Waals surface area contributed by atoms with Crippen LogP contribution in [0, 0.1) is 6.92 Å². The number of ether oxygens (including phenoxy) is 2. The minimum atomic E-state index is 0.310. The lowest BCUT2D eigenvalue weighted by molar-refractivity contribution is 0.174. The van der Waals surface area contributed by atoms with Crippen LogP contribution in [0.5, 0.6) is 11.5 Å². The first-order chi connectivity index (χ1) is 8.72. The molecule has 0 bridgehead atoms. The monoisotopic (exact) mass is 343 g/mol. The standard InChI is InChI=1S/C12H10BrNO2S2/c1-7-4-17-12(14-7)18-5-8-2-10-11(3-9(8)13)16-6-15-10/h2-4H,5-6H2,1H3. The number of thiazole rings is 1. The number of aryl methyl sites for hydroxylation is 1. The molecule has 2 heterocycles. The molecule has 0 fully saturated rings. The van der Waals surface area contributed by atoms with Crippen molar-refractivity contribution >= 4 is 39.0 Å². The number of hydrogen-bond acceptors (Lipinski definition) is 5. The third kappa shape index (κ3) is 2.50. The van der Waals surface area contributed by atoms with Crippen LogP contribution in [-0.2, 0) is 5.75 Å². The molecular formula is C12H10BrNO2S2. The van der Waals surface area contributed by atoms with Crippen molar-refractivity contribution < 1.29 is 9.47 Å². The van der Waals surface area contributed by atoms with Crippen molar-refractivity contribution in [2.75, 3.05) is 6.79 Å². The molecule has 1 aliphatic heterocycles. The van der Waals surface area contributed by atoms with Gasteiger partial charge in [-0.1, -0.05) is 27.7 Å². The zero-order valence-electron chi connectivity index (χ0n) is 9.60. The molecule has 6 heteroatoms. The van der Waals surface area contributed by atoms with E-state index < -0.39 is 0 Å². The minimum Gasteiger partial charge on any atom is -0.454 e. The second-order valence-corrected chi connectivity index (χ2v) is 6.78. The molecule has 0 amide bonds. The van der Waals surface area contributed by atoms with Gasteiger partial charge in [-0.2, -0.15) is 0 Å². The van der Waals surface area contributed by atoms with Gasteiger partial charge >= 0.3 is 0 Å². The lowest BCUT2D eigenvalue weighted by Crippen LogP contribution is -1.92. The smallest absolute Gasteiger partial charge is 0.231 e. The highest BCUT2D eigenvalue weighted by atomic mass is 79.9. The third-order valence-corrected chi connectivity index (χ3v) is 5.42. The number of nitrogens with zero attached hydrogens (tertiary/aromatic N) is 1. The molecular weight excluding hydrogens is 334 g/mol. The Morgan fingerprint density at radius 2 is 2.17 bits per heavy atom. The molecule has 0 spiro atoms. The Bertz CT molecular complexity index is 585. The van der Waals surface area contributed by atoms with Gasteiger partial charge < -0.3 is 9.47 Å². The van der Waals surface area contributed by atoms with Gasteiger partial charge in [-0.3, -0.25) is 0 Å². The minimum absolute atomic E-state index is 0.310. The molecule has 0 radical (unpaired) electrons. The van der Waals surface area contributed by atoms with Crippen LogP contribution in [-0.4, -0.2) is 11.8 Å². The van der Waals surface area contributed by atoms with Crippen molar-refractivity contribution in [3.8, 4) is 11.5 Å². The summed E-state index contributed by atoms with van der Waals surface area (Å²) in [4.78, 5) is 4.44. The van der Waals surface area contributed by atoms with Gasteiger partial charge in [-0.15, -0.1) is 11.3 Å². The molecule has 0 aliphatic carbocycles. The summed E-state index contributed by atoms with van der Waals surface area (Å²) in [5, 5.41) is 2.07. The van der Waals surface area contributed by atoms with Crippen LogP contribution in [0.15, 0.2) is 26.3 Å². The average molecular weight is 344 g/mol.